The van der Waals surface area contributed by atoms with Gasteiger partial charge in [0.05, 0.1) is 5.92 Å². The van der Waals surface area contributed by atoms with Crippen molar-refractivity contribution in [2.75, 3.05) is 6.54 Å². The molecule has 1 aliphatic heterocycles. The van der Waals surface area contributed by atoms with Crippen LogP contribution in [0.1, 0.15) is 30.9 Å². The summed E-state index contributed by atoms with van der Waals surface area (Å²) in [6.45, 7) is 5.31. The lowest BCUT2D eigenvalue weighted by Gasteiger charge is -2.37. The third-order valence-corrected chi connectivity index (χ3v) is 4.04. The van der Waals surface area contributed by atoms with E-state index in [0.717, 1.165) is 24.9 Å². The van der Waals surface area contributed by atoms with Crippen LogP contribution in [0.5, 0.6) is 0 Å². The lowest BCUT2D eigenvalue weighted by molar-refractivity contribution is -0.145. The van der Waals surface area contributed by atoms with Gasteiger partial charge < -0.3 is 5.11 Å². The Labute approximate surface area is 113 Å². The van der Waals surface area contributed by atoms with Gasteiger partial charge >= 0.3 is 5.97 Å². The van der Waals surface area contributed by atoms with Crippen LogP contribution in [-0.2, 0) is 11.3 Å². The van der Waals surface area contributed by atoms with Crippen molar-refractivity contribution < 1.29 is 14.3 Å². The Hall–Kier alpha value is -1.42. The molecule has 3 nitrogen and oxygen atoms in total. The molecule has 0 unspecified atom stereocenters. The summed E-state index contributed by atoms with van der Waals surface area (Å²) in [5, 5.41) is 9.20. The predicted molar refractivity (Wildman–Crippen MR) is 71.4 cm³/mol. The van der Waals surface area contributed by atoms with E-state index < -0.39 is 5.97 Å². The van der Waals surface area contributed by atoms with E-state index in [9.17, 15) is 14.3 Å². The second-order valence-electron chi connectivity index (χ2n) is 5.38. The van der Waals surface area contributed by atoms with Gasteiger partial charge in [0, 0.05) is 12.6 Å². The van der Waals surface area contributed by atoms with Crippen molar-refractivity contribution in [3.05, 3.63) is 35.1 Å². The molecule has 1 saturated heterocycles. The SMILES string of the molecule is Cc1cc(CN2CCC[C@@H](C(=O)O)[C@H]2C)ccc1F. The van der Waals surface area contributed by atoms with Gasteiger partial charge in [-0.2, -0.15) is 0 Å². The number of carboxylic acids is 1. The molecule has 1 aromatic rings. The molecule has 0 saturated carbocycles. The average Bonchev–Trinajstić information content (AvgIpc) is 2.36. The standard InChI is InChI=1S/C15H20FNO2/c1-10-8-12(5-6-14(10)16)9-17-7-3-4-13(11(17)2)15(18)19/h5-6,8,11,13H,3-4,7,9H2,1-2H3,(H,18,19)/t11-,13-/m1/s1. The third kappa shape index (κ3) is 3.13. The molecule has 0 bridgehead atoms. The molecule has 0 aliphatic carbocycles. The number of carbonyl (C=O) groups is 1. The minimum absolute atomic E-state index is 0.0246. The zero-order valence-corrected chi connectivity index (χ0v) is 11.4. The van der Waals surface area contributed by atoms with Gasteiger partial charge in [0.15, 0.2) is 0 Å². The van der Waals surface area contributed by atoms with Gasteiger partial charge in [-0.3, -0.25) is 9.69 Å². The molecular weight excluding hydrogens is 245 g/mol. The first-order chi connectivity index (χ1) is 8.99. The molecule has 2 atom stereocenters. The van der Waals surface area contributed by atoms with E-state index in [1.54, 1.807) is 13.0 Å². The summed E-state index contributed by atoms with van der Waals surface area (Å²) in [5.74, 6) is -1.21. The average molecular weight is 265 g/mol. The van der Waals surface area contributed by atoms with Gasteiger partial charge in [0.1, 0.15) is 5.82 Å². The maximum absolute atomic E-state index is 13.2. The molecule has 19 heavy (non-hydrogen) atoms. The number of aryl methyl sites for hydroxylation is 1. The second kappa shape index (κ2) is 5.70. The minimum Gasteiger partial charge on any atom is -0.481 e. The zero-order chi connectivity index (χ0) is 14.0. The number of benzene rings is 1. The number of halogens is 1. The van der Waals surface area contributed by atoms with Crippen molar-refractivity contribution in [2.24, 2.45) is 5.92 Å². The Bertz CT molecular complexity index is 475. The second-order valence-corrected chi connectivity index (χ2v) is 5.38. The fourth-order valence-electron chi connectivity index (χ4n) is 2.81. The van der Waals surface area contributed by atoms with Crippen molar-refractivity contribution in [1.82, 2.24) is 4.90 Å². The molecule has 0 amide bonds. The molecule has 0 aromatic heterocycles. The van der Waals surface area contributed by atoms with Crippen LogP contribution in [-0.4, -0.2) is 28.6 Å². The molecule has 104 valence electrons. The largest absolute Gasteiger partial charge is 0.481 e. The van der Waals surface area contributed by atoms with Gasteiger partial charge in [-0.05, 0) is 50.4 Å². The molecule has 1 aromatic carbocycles. The van der Waals surface area contributed by atoms with Crippen LogP contribution < -0.4 is 0 Å². The first-order valence-electron chi connectivity index (χ1n) is 6.71. The maximum Gasteiger partial charge on any atom is 0.308 e. The fraction of sp³-hybridized carbons (Fsp3) is 0.533. The fourth-order valence-corrected chi connectivity index (χ4v) is 2.81. The smallest absolute Gasteiger partial charge is 0.308 e. The van der Waals surface area contributed by atoms with E-state index in [4.69, 9.17) is 0 Å². The summed E-state index contributed by atoms with van der Waals surface area (Å²) in [6, 6.07) is 5.12. The van der Waals surface area contributed by atoms with Gasteiger partial charge in [-0.1, -0.05) is 12.1 Å². The van der Waals surface area contributed by atoms with Crippen LogP contribution >= 0.6 is 0 Å². The summed E-state index contributed by atoms with van der Waals surface area (Å²) in [4.78, 5) is 13.4. The van der Waals surface area contributed by atoms with Crippen LogP contribution in [0.15, 0.2) is 18.2 Å². The van der Waals surface area contributed by atoms with Crippen LogP contribution in [0.4, 0.5) is 4.39 Å². The number of nitrogens with zero attached hydrogens (tertiary/aromatic N) is 1. The van der Waals surface area contributed by atoms with E-state index in [-0.39, 0.29) is 17.8 Å². The summed E-state index contributed by atoms with van der Waals surface area (Å²) in [7, 11) is 0. The number of hydrogen-bond acceptors (Lipinski definition) is 2. The van der Waals surface area contributed by atoms with E-state index in [0.29, 0.717) is 12.1 Å². The topological polar surface area (TPSA) is 40.5 Å². The molecule has 1 aliphatic rings. The lowest BCUT2D eigenvalue weighted by atomic mass is 9.90. The Balaban J connectivity index is 2.09. The first-order valence-corrected chi connectivity index (χ1v) is 6.71. The van der Waals surface area contributed by atoms with Gasteiger partial charge in [0.25, 0.3) is 0 Å². The monoisotopic (exact) mass is 265 g/mol. The van der Waals surface area contributed by atoms with Crippen LogP contribution in [0.25, 0.3) is 0 Å². The third-order valence-electron chi connectivity index (χ3n) is 4.04. The van der Waals surface area contributed by atoms with Gasteiger partial charge in [-0.15, -0.1) is 0 Å². The number of piperidine rings is 1. The molecular formula is C15H20FNO2. The highest BCUT2D eigenvalue weighted by atomic mass is 19.1. The maximum atomic E-state index is 13.2. The molecule has 2 rings (SSSR count). The summed E-state index contributed by atoms with van der Waals surface area (Å²) < 4.78 is 13.2. The van der Waals surface area contributed by atoms with Crippen molar-refractivity contribution >= 4 is 5.97 Å². The molecule has 1 fully saturated rings. The number of aliphatic carboxylic acids is 1. The lowest BCUT2D eigenvalue weighted by Crippen LogP contribution is -2.45. The highest BCUT2D eigenvalue weighted by molar-refractivity contribution is 5.70. The van der Waals surface area contributed by atoms with E-state index in [1.165, 1.54) is 6.07 Å². The molecule has 0 spiro atoms. The quantitative estimate of drug-likeness (QED) is 0.913. The van der Waals surface area contributed by atoms with E-state index in [1.807, 2.05) is 13.0 Å². The van der Waals surface area contributed by atoms with Crippen molar-refractivity contribution in [3.8, 4) is 0 Å². The zero-order valence-electron chi connectivity index (χ0n) is 11.4. The number of rotatable bonds is 3. The molecule has 0 radical (unpaired) electrons. The van der Waals surface area contributed by atoms with Crippen LogP contribution in [0.3, 0.4) is 0 Å². The number of likely N-dealkylation sites (tertiary alicyclic amines) is 1. The van der Waals surface area contributed by atoms with Crippen molar-refractivity contribution in [2.45, 2.75) is 39.3 Å². The summed E-state index contributed by atoms with van der Waals surface area (Å²) >= 11 is 0. The molecule has 1 heterocycles. The molecule has 4 heteroatoms. The highest BCUT2D eigenvalue weighted by Gasteiger charge is 2.32. The van der Waals surface area contributed by atoms with Crippen molar-refractivity contribution in [3.63, 3.8) is 0 Å². The molecule has 1 N–H and O–H groups in total. The van der Waals surface area contributed by atoms with Gasteiger partial charge in [-0.25, -0.2) is 4.39 Å². The summed E-state index contributed by atoms with van der Waals surface area (Å²) in [5.41, 5.74) is 1.67. The van der Waals surface area contributed by atoms with E-state index >= 15 is 0 Å². The van der Waals surface area contributed by atoms with Gasteiger partial charge in [0.2, 0.25) is 0 Å². The van der Waals surface area contributed by atoms with Crippen LogP contribution in [0, 0.1) is 18.7 Å². The Kier molecular flexibility index (Phi) is 4.20. The summed E-state index contributed by atoms with van der Waals surface area (Å²) in [6.07, 6.45) is 1.65. The van der Waals surface area contributed by atoms with Crippen LogP contribution in [0.2, 0.25) is 0 Å². The Morgan fingerprint density at radius 2 is 2.26 bits per heavy atom. The number of carboxylic acid groups (broad SMARTS) is 1. The normalized spacial score (nSPS) is 24.4. The highest BCUT2D eigenvalue weighted by Crippen LogP contribution is 2.25. The predicted octanol–water partition coefficient (Wildman–Crippen LogP) is 2.82. The Morgan fingerprint density at radius 3 is 2.89 bits per heavy atom. The van der Waals surface area contributed by atoms with Crippen molar-refractivity contribution in [1.29, 1.82) is 0 Å². The Morgan fingerprint density at radius 1 is 1.53 bits per heavy atom. The first kappa shape index (κ1) is 14.0. The number of hydrogen-bond donors (Lipinski definition) is 1. The van der Waals surface area contributed by atoms with E-state index in [2.05, 4.69) is 4.90 Å². The minimum atomic E-state index is -0.715.